The predicted octanol–water partition coefficient (Wildman–Crippen LogP) is -9.97. The molecule has 16 heteroatoms. The average molecular weight is 301 g/mol. The summed E-state index contributed by atoms with van der Waals surface area (Å²) in [5.41, 5.74) is 0. The predicted molar refractivity (Wildman–Crippen MR) is 52.4 cm³/mol. The number of hydrogen-bond acceptors (Lipinski definition) is 4. The molecular weight excluding hydrogens is 280 g/mol. The molecule has 14 nitrogen and oxygen atoms in total. The summed E-state index contributed by atoms with van der Waals surface area (Å²) in [5, 5.41) is 0. The molecule has 16 heavy (non-hydrogen) atoms. The molecule has 0 bridgehead atoms. The standard InChI is InChI=1S/Mg.H2O4S.10H2O/c;1-5(2,3)4;;;;;;;;;;/h;(H2,1,2,3,4);10*1H2/q+2;;;;;;;;;;;/p-2. The Morgan fingerprint density at radius 1 is 0.500 bits per heavy atom. The quantitative estimate of drug-likeness (QED) is 0.238. The smallest absolute Gasteiger partial charge is 0.759 e. The molecule has 0 aliphatic heterocycles. The molecule has 0 saturated heterocycles. The van der Waals surface area contributed by atoms with E-state index in [0.717, 1.165) is 0 Å². The third-order valence-corrected chi connectivity index (χ3v) is 0. The van der Waals surface area contributed by atoms with Crippen molar-refractivity contribution in [3.63, 3.8) is 0 Å². The van der Waals surface area contributed by atoms with Crippen LogP contribution in [0.2, 0.25) is 0 Å². The average Bonchev–Trinajstić information content (AvgIpc) is 0.722. The first-order valence-electron chi connectivity index (χ1n) is 0.667. The van der Waals surface area contributed by atoms with Gasteiger partial charge in [0.1, 0.15) is 0 Å². The summed E-state index contributed by atoms with van der Waals surface area (Å²) in [4.78, 5) is 0. The summed E-state index contributed by atoms with van der Waals surface area (Å²) in [6, 6.07) is 0. The van der Waals surface area contributed by atoms with Gasteiger partial charge < -0.3 is 63.9 Å². The van der Waals surface area contributed by atoms with Crippen LogP contribution in [0.15, 0.2) is 0 Å². The minimum Gasteiger partial charge on any atom is -0.759 e. The largest absolute Gasteiger partial charge is 2.00 e. The van der Waals surface area contributed by atoms with Crippen LogP contribution in [0.3, 0.4) is 0 Å². The molecule has 0 fully saturated rings. The Bertz CT molecular complexity index is 93.9. The zero-order valence-electron chi connectivity index (χ0n) is 7.75. The van der Waals surface area contributed by atoms with Gasteiger partial charge in [0.15, 0.2) is 0 Å². The second kappa shape index (κ2) is 79.4. The molecule has 0 saturated carbocycles. The van der Waals surface area contributed by atoms with Gasteiger partial charge in [-0.3, -0.25) is 8.42 Å². The normalized spacial score (nSPS) is 3.62. The topological polar surface area (TPSA) is 395 Å². The molecule has 0 aromatic rings. The van der Waals surface area contributed by atoms with Crippen LogP contribution in [0.1, 0.15) is 0 Å². The fraction of sp³-hybridized carbons (Fsp3) is 0. The maximum atomic E-state index is 8.52. The number of rotatable bonds is 0. The van der Waals surface area contributed by atoms with Crippen molar-refractivity contribution in [1.29, 1.82) is 0 Å². The van der Waals surface area contributed by atoms with Crippen LogP contribution in [0.5, 0.6) is 0 Å². The summed E-state index contributed by atoms with van der Waals surface area (Å²) < 4.78 is 34.1. The first-order chi connectivity index (χ1) is 2.00. The van der Waals surface area contributed by atoms with Gasteiger partial charge in [-0.15, -0.1) is 0 Å². The van der Waals surface area contributed by atoms with E-state index in [1.54, 1.807) is 0 Å². The van der Waals surface area contributed by atoms with Crippen molar-refractivity contribution in [2.75, 3.05) is 0 Å². The fourth-order valence-electron chi connectivity index (χ4n) is 0. The summed E-state index contributed by atoms with van der Waals surface area (Å²) in [6.07, 6.45) is 0. The Hall–Kier alpha value is 0.236. The van der Waals surface area contributed by atoms with Crippen molar-refractivity contribution in [3.05, 3.63) is 0 Å². The second-order valence-corrected chi connectivity index (χ2v) is 1.22. The van der Waals surface area contributed by atoms with Gasteiger partial charge in [0.05, 0.1) is 0 Å². The molecule has 0 aliphatic rings. The van der Waals surface area contributed by atoms with Crippen LogP contribution in [-0.4, -0.2) is 95.3 Å². The Balaban J connectivity index is -0.00000000145. The van der Waals surface area contributed by atoms with Gasteiger partial charge in [0.25, 0.3) is 0 Å². The molecule has 0 spiro atoms. The third-order valence-electron chi connectivity index (χ3n) is 0. The maximum Gasteiger partial charge on any atom is 2.00 e. The van der Waals surface area contributed by atoms with Crippen LogP contribution in [0, 0.1) is 0 Å². The molecule has 20 N–H and O–H groups in total. The summed E-state index contributed by atoms with van der Waals surface area (Å²) in [5.74, 6) is 0. The van der Waals surface area contributed by atoms with E-state index < -0.39 is 10.4 Å². The van der Waals surface area contributed by atoms with E-state index in [0.29, 0.717) is 0 Å². The van der Waals surface area contributed by atoms with Crippen molar-refractivity contribution in [1.82, 2.24) is 0 Å². The van der Waals surface area contributed by atoms with Crippen LogP contribution in [-0.2, 0) is 10.4 Å². The van der Waals surface area contributed by atoms with Gasteiger partial charge in [-0.05, 0) is 0 Å². The molecule has 0 aromatic carbocycles. The monoisotopic (exact) mass is 300 g/mol. The molecule has 0 heterocycles. The van der Waals surface area contributed by atoms with E-state index in [2.05, 4.69) is 0 Å². The Kier molecular flexibility index (Phi) is 1040. The Morgan fingerprint density at radius 3 is 0.500 bits per heavy atom. The van der Waals surface area contributed by atoms with Crippen molar-refractivity contribution in [3.8, 4) is 0 Å². The molecule has 0 radical (unpaired) electrons. The van der Waals surface area contributed by atoms with E-state index >= 15 is 0 Å². The SMILES string of the molecule is O.O.O.O.O.O.O.O.O.O.O=S(=O)([O-])[O-].[Mg+2]. The zero-order chi connectivity index (χ0) is 4.50. The van der Waals surface area contributed by atoms with Crippen molar-refractivity contribution < 1.29 is 72.3 Å². The number of hydrogen-bond donors (Lipinski definition) is 0. The molecule has 112 valence electrons. The van der Waals surface area contributed by atoms with Crippen molar-refractivity contribution >= 4 is 33.5 Å². The molecular formula is H20MgO14S. The molecule has 0 rings (SSSR count). The molecule has 0 amide bonds. The third kappa shape index (κ3) is 44700. The minimum atomic E-state index is -5.17. The van der Waals surface area contributed by atoms with Crippen LogP contribution >= 0.6 is 0 Å². The van der Waals surface area contributed by atoms with Crippen LogP contribution < -0.4 is 0 Å². The van der Waals surface area contributed by atoms with Gasteiger partial charge in [0, 0.05) is 10.4 Å². The van der Waals surface area contributed by atoms with E-state index in [-0.39, 0.29) is 77.8 Å². The van der Waals surface area contributed by atoms with Crippen molar-refractivity contribution in [2.45, 2.75) is 0 Å². The summed E-state index contributed by atoms with van der Waals surface area (Å²) >= 11 is 0. The van der Waals surface area contributed by atoms with E-state index in [1.165, 1.54) is 0 Å². The second-order valence-electron chi connectivity index (χ2n) is 0.408. The maximum absolute atomic E-state index is 8.52. The van der Waals surface area contributed by atoms with Crippen molar-refractivity contribution in [2.24, 2.45) is 0 Å². The van der Waals surface area contributed by atoms with Gasteiger partial charge in [0.2, 0.25) is 0 Å². The first-order valence-corrected chi connectivity index (χ1v) is 2.00. The van der Waals surface area contributed by atoms with Crippen LogP contribution in [0.25, 0.3) is 0 Å². The van der Waals surface area contributed by atoms with Crippen LogP contribution in [0.4, 0.5) is 0 Å². The Labute approximate surface area is 106 Å². The molecule has 0 unspecified atom stereocenters. The molecule has 0 aliphatic carbocycles. The van der Waals surface area contributed by atoms with Gasteiger partial charge in [-0.1, -0.05) is 0 Å². The Morgan fingerprint density at radius 2 is 0.500 bits per heavy atom. The summed E-state index contributed by atoms with van der Waals surface area (Å²) in [6.45, 7) is 0. The van der Waals surface area contributed by atoms with Gasteiger partial charge >= 0.3 is 23.1 Å². The molecule has 0 atom stereocenters. The van der Waals surface area contributed by atoms with E-state index in [9.17, 15) is 0 Å². The fourth-order valence-corrected chi connectivity index (χ4v) is 0. The van der Waals surface area contributed by atoms with E-state index in [4.69, 9.17) is 17.5 Å². The minimum absolute atomic E-state index is 0. The van der Waals surface area contributed by atoms with Gasteiger partial charge in [-0.2, -0.15) is 0 Å². The molecule has 0 aromatic heterocycles. The zero-order valence-corrected chi connectivity index (χ0v) is 9.98. The van der Waals surface area contributed by atoms with E-state index in [1.807, 2.05) is 0 Å². The first kappa shape index (κ1) is 210. The summed E-state index contributed by atoms with van der Waals surface area (Å²) in [7, 11) is -5.17. The van der Waals surface area contributed by atoms with Gasteiger partial charge in [-0.25, -0.2) is 0 Å².